The Bertz CT molecular complexity index is 614. The van der Waals surface area contributed by atoms with Gasteiger partial charge in [0.1, 0.15) is 0 Å². The van der Waals surface area contributed by atoms with Crippen LogP contribution in [0, 0.1) is 0 Å². The molecule has 1 N–H and O–H groups in total. The molecule has 2 aromatic rings. The summed E-state index contributed by atoms with van der Waals surface area (Å²) in [5, 5.41) is 9.01. The van der Waals surface area contributed by atoms with E-state index in [-0.39, 0.29) is 5.69 Å². The topological polar surface area (TPSA) is 79.2 Å². The van der Waals surface area contributed by atoms with Crippen molar-refractivity contribution in [1.82, 2.24) is 15.0 Å². The van der Waals surface area contributed by atoms with Crippen LogP contribution in [0.2, 0.25) is 0 Å². The van der Waals surface area contributed by atoms with Gasteiger partial charge in [0.15, 0.2) is 5.69 Å². The normalized spacial score (nSPS) is 14.0. The highest BCUT2D eigenvalue weighted by Gasteiger charge is 2.31. The fourth-order valence-electron chi connectivity index (χ4n) is 2.02. The van der Waals surface area contributed by atoms with Gasteiger partial charge in [-0.2, -0.15) is 0 Å². The molecule has 3 rings (SSSR count). The van der Waals surface area contributed by atoms with Crippen LogP contribution in [0.3, 0.4) is 0 Å². The van der Waals surface area contributed by atoms with Crippen LogP contribution in [0.15, 0.2) is 36.7 Å². The Morgan fingerprint density at radius 1 is 1.25 bits per heavy atom. The maximum absolute atomic E-state index is 11.0. The van der Waals surface area contributed by atoms with Gasteiger partial charge in [-0.3, -0.25) is 4.98 Å². The van der Waals surface area contributed by atoms with E-state index in [2.05, 4.69) is 15.0 Å². The van der Waals surface area contributed by atoms with Crippen LogP contribution in [0.25, 0.3) is 0 Å². The zero-order valence-electron chi connectivity index (χ0n) is 10.8. The summed E-state index contributed by atoms with van der Waals surface area (Å²) in [6.07, 6.45) is 5.38. The summed E-state index contributed by atoms with van der Waals surface area (Å²) in [6, 6.07) is 7.52. The number of rotatable bonds is 5. The summed E-state index contributed by atoms with van der Waals surface area (Å²) >= 11 is 0. The van der Waals surface area contributed by atoms with Crippen molar-refractivity contribution in [2.24, 2.45) is 0 Å². The molecule has 0 spiro atoms. The average Bonchev–Trinajstić information content (AvgIpc) is 3.30. The SMILES string of the molecule is O=C(O)c1ccnc(N(Cc2ccccn2)C2CC2)n1. The third kappa shape index (κ3) is 2.74. The molecule has 6 nitrogen and oxygen atoms in total. The maximum atomic E-state index is 11.0. The molecule has 0 aliphatic heterocycles. The van der Waals surface area contributed by atoms with E-state index in [4.69, 9.17) is 5.11 Å². The number of pyridine rings is 1. The number of aromatic nitrogens is 3. The second-order valence-corrected chi connectivity index (χ2v) is 4.73. The zero-order chi connectivity index (χ0) is 13.9. The molecule has 0 bridgehead atoms. The zero-order valence-corrected chi connectivity index (χ0v) is 10.8. The number of carboxylic acid groups (broad SMARTS) is 1. The van der Waals surface area contributed by atoms with Gasteiger partial charge in [0.05, 0.1) is 12.2 Å². The Hall–Kier alpha value is -2.50. The average molecular weight is 270 g/mol. The summed E-state index contributed by atoms with van der Waals surface area (Å²) in [5.41, 5.74) is 0.936. The monoisotopic (exact) mass is 270 g/mol. The van der Waals surface area contributed by atoms with Gasteiger partial charge in [0.2, 0.25) is 5.95 Å². The smallest absolute Gasteiger partial charge is 0.354 e. The number of hydrogen-bond donors (Lipinski definition) is 1. The number of carbonyl (C=O) groups is 1. The number of carboxylic acids is 1. The van der Waals surface area contributed by atoms with E-state index in [0.717, 1.165) is 18.5 Å². The van der Waals surface area contributed by atoms with Gasteiger partial charge >= 0.3 is 5.97 Å². The van der Waals surface area contributed by atoms with E-state index in [0.29, 0.717) is 18.5 Å². The van der Waals surface area contributed by atoms with Crippen LogP contribution in [-0.4, -0.2) is 32.1 Å². The summed E-state index contributed by atoms with van der Waals surface area (Å²) in [5.74, 6) is -0.583. The van der Waals surface area contributed by atoms with Gasteiger partial charge in [-0.25, -0.2) is 14.8 Å². The molecule has 1 fully saturated rings. The Balaban J connectivity index is 1.87. The molecule has 0 unspecified atom stereocenters. The molecule has 0 radical (unpaired) electrons. The summed E-state index contributed by atoms with van der Waals surface area (Å²) in [6.45, 7) is 0.592. The van der Waals surface area contributed by atoms with Crippen molar-refractivity contribution < 1.29 is 9.90 Å². The van der Waals surface area contributed by atoms with Crippen LogP contribution >= 0.6 is 0 Å². The summed E-state index contributed by atoms with van der Waals surface area (Å²) in [7, 11) is 0. The first-order valence-corrected chi connectivity index (χ1v) is 6.47. The van der Waals surface area contributed by atoms with Crippen molar-refractivity contribution in [3.63, 3.8) is 0 Å². The molecule has 1 saturated carbocycles. The molecule has 0 saturated heterocycles. The van der Waals surface area contributed by atoms with Crippen molar-refractivity contribution in [3.05, 3.63) is 48.0 Å². The first kappa shape index (κ1) is 12.5. The van der Waals surface area contributed by atoms with Crippen LogP contribution in [0.5, 0.6) is 0 Å². The van der Waals surface area contributed by atoms with Crippen molar-refractivity contribution in [1.29, 1.82) is 0 Å². The van der Waals surface area contributed by atoms with E-state index in [1.54, 1.807) is 6.20 Å². The highest BCUT2D eigenvalue weighted by molar-refractivity contribution is 5.85. The molecule has 0 atom stereocenters. The van der Waals surface area contributed by atoms with Gasteiger partial charge in [0, 0.05) is 18.4 Å². The number of nitrogens with zero attached hydrogens (tertiary/aromatic N) is 4. The Morgan fingerprint density at radius 2 is 2.10 bits per heavy atom. The molecule has 102 valence electrons. The molecule has 2 aromatic heterocycles. The maximum Gasteiger partial charge on any atom is 0.354 e. The lowest BCUT2D eigenvalue weighted by Crippen LogP contribution is -2.28. The van der Waals surface area contributed by atoms with Gasteiger partial charge in [-0.1, -0.05) is 6.07 Å². The number of anilines is 1. The van der Waals surface area contributed by atoms with Crippen LogP contribution in [0.4, 0.5) is 5.95 Å². The minimum Gasteiger partial charge on any atom is -0.477 e. The van der Waals surface area contributed by atoms with Crippen molar-refractivity contribution in [3.8, 4) is 0 Å². The Kier molecular flexibility index (Phi) is 3.28. The van der Waals surface area contributed by atoms with Gasteiger partial charge < -0.3 is 10.0 Å². The highest BCUT2D eigenvalue weighted by Crippen LogP contribution is 2.30. The highest BCUT2D eigenvalue weighted by atomic mass is 16.4. The van der Waals surface area contributed by atoms with Crippen molar-refractivity contribution >= 4 is 11.9 Å². The van der Waals surface area contributed by atoms with Gasteiger partial charge in [-0.15, -0.1) is 0 Å². The largest absolute Gasteiger partial charge is 0.477 e. The van der Waals surface area contributed by atoms with E-state index in [9.17, 15) is 4.79 Å². The fraction of sp³-hybridized carbons (Fsp3) is 0.286. The molecule has 1 aliphatic rings. The summed E-state index contributed by atoms with van der Waals surface area (Å²) < 4.78 is 0. The predicted octanol–water partition coefficient (Wildman–Crippen LogP) is 1.74. The second kappa shape index (κ2) is 5.24. The second-order valence-electron chi connectivity index (χ2n) is 4.73. The molecule has 0 amide bonds. The quantitative estimate of drug-likeness (QED) is 0.891. The lowest BCUT2D eigenvalue weighted by atomic mass is 10.3. The number of aromatic carboxylic acids is 1. The molecule has 20 heavy (non-hydrogen) atoms. The molecule has 0 aromatic carbocycles. The van der Waals surface area contributed by atoms with Crippen LogP contribution in [0.1, 0.15) is 29.0 Å². The Labute approximate surface area is 116 Å². The molecule has 6 heteroatoms. The van der Waals surface area contributed by atoms with Gasteiger partial charge in [0.25, 0.3) is 0 Å². The molecular formula is C14H14N4O2. The van der Waals surface area contributed by atoms with Gasteiger partial charge in [-0.05, 0) is 31.0 Å². The number of hydrogen-bond acceptors (Lipinski definition) is 5. The Morgan fingerprint density at radius 3 is 2.75 bits per heavy atom. The van der Waals surface area contributed by atoms with Crippen LogP contribution in [-0.2, 0) is 6.54 Å². The molecular weight excluding hydrogens is 256 g/mol. The van der Waals surface area contributed by atoms with E-state index in [1.807, 2.05) is 23.1 Å². The van der Waals surface area contributed by atoms with E-state index < -0.39 is 5.97 Å². The predicted molar refractivity (Wildman–Crippen MR) is 72.4 cm³/mol. The van der Waals surface area contributed by atoms with Crippen molar-refractivity contribution in [2.75, 3.05) is 4.90 Å². The minimum atomic E-state index is -1.04. The third-order valence-corrected chi connectivity index (χ3v) is 3.17. The van der Waals surface area contributed by atoms with E-state index >= 15 is 0 Å². The molecule has 1 aliphatic carbocycles. The summed E-state index contributed by atoms with van der Waals surface area (Å²) in [4.78, 5) is 25.6. The van der Waals surface area contributed by atoms with Crippen molar-refractivity contribution in [2.45, 2.75) is 25.4 Å². The lowest BCUT2D eigenvalue weighted by molar-refractivity contribution is 0.0690. The standard InChI is InChI=1S/C14H14N4O2/c19-13(20)12-6-8-16-14(17-12)18(11-4-5-11)9-10-3-1-2-7-15-10/h1-3,6-8,11H,4-5,9H2,(H,19,20). The lowest BCUT2D eigenvalue weighted by Gasteiger charge is -2.21. The minimum absolute atomic E-state index is 0.0154. The first-order chi connectivity index (χ1) is 9.74. The first-order valence-electron chi connectivity index (χ1n) is 6.47. The fourth-order valence-corrected chi connectivity index (χ4v) is 2.02. The molecule has 2 heterocycles. The van der Waals surface area contributed by atoms with E-state index in [1.165, 1.54) is 12.3 Å². The third-order valence-electron chi connectivity index (χ3n) is 3.17. The van der Waals surface area contributed by atoms with Crippen LogP contribution < -0.4 is 4.90 Å².